The normalized spacial score (nSPS) is 20.6. The van der Waals surface area contributed by atoms with E-state index in [1.165, 1.54) is 4.31 Å². The molecule has 19 heavy (non-hydrogen) atoms. The number of aryl methyl sites for hydroxylation is 2. The summed E-state index contributed by atoms with van der Waals surface area (Å²) in [5.41, 5.74) is 0.449. The molecule has 2 rings (SSSR count). The van der Waals surface area contributed by atoms with Crippen molar-refractivity contribution in [2.24, 2.45) is 0 Å². The molecule has 108 valence electrons. The maximum absolute atomic E-state index is 12.6. The van der Waals surface area contributed by atoms with Crippen LogP contribution in [0.25, 0.3) is 0 Å². The highest BCUT2D eigenvalue weighted by Gasteiger charge is 2.37. The van der Waals surface area contributed by atoms with E-state index >= 15 is 0 Å². The Bertz CT molecular complexity index is 537. The van der Waals surface area contributed by atoms with Gasteiger partial charge in [-0.1, -0.05) is 5.16 Å². The molecule has 1 saturated heterocycles. The van der Waals surface area contributed by atoms with E-state index in [-0.39, 0.29) is 10.4 Å². The number of piperidine rings is 1. The van der Waals surface area contributed by atoms with Gasteiger partial charge in [-0.15, -0.1) is 0 Å². The minimum atomic E-state index is -3.49. The van der Waals surface area contributed by atoms with Crippen LogP contribution in [0.3, 0.4) is 0 Å². The number of hydrogen-bond donors (Lipinski definition) is 1. The quantitative estimate of drug-likeness (QED) is 0.899. The van der Waals surface area contributed by atoms with Gasteiger partial charge in [-0.3, -0.25) is 0 Å². The van der Waals surface area contributed by atoms with E-state index in [0.29, 0.717) is 24.5 Å². The predicted octanol–water partition coefficient (Wildman–Crippen LogP) is 1.05. The van der Waals surface area contributed by atoms with Crippen LogP contribution in [0.15, 0.2) is 9.42 Å². The summed E-state index contributed by atoms with van der Waals surface area (Å²) in [5, 5.41) is 6.99. The average Bonchev–Trinajstić information content (AvgIpc) is 2.70. The van der Waals surface area contributed by atoms with Crippen LogP contribution in [-0.2, 0) is 10.0 Å². The first-order chi connectivity index (χ1) is 8.80. The number of nitrogens with one attached hydrogen (secondary N) is 1. The van der Waals surface area contributed by atoms with Crippen LogP contribution in [0.1, 0.15) is 31.2 Å². The van der Waals surface area contributed by atoms with E-state index in [1.807, 2.05) is 7.05 Å². The van der Waals surface area contributed by atoms with E-state index in [1.54, 1.807) is 13.8 Å². The second kappa shape index (κ2) is 4.88. The minimum absolute atomic E-state index is 0.0186. The number of aromatic nitrogens is 1. The lowest BCUT2D eigenvalue weighted by Crippen LogP contribution is -2.51. The van der Waals surface area contributed by atoms with Crippen molar-refractivity contribution in [2.45, 2.75) is 44.0 Å². The van der Waals surface area contributed by atoms with Gasteiger partial charge in [-0.05, 0) is 40.7 Å². The summed E-state index contributed by atoms with van der Waals surface area (Å²) in [6.45, 7) is 6.44. The van der Waals surface area contributed by atoms with E-state index < -0.39 is 10.0 Å². The summed E-state index contributed by atoms with van der Waals surface area (Å²) in [6.07, 6.45) is 1.60. The van der Waals surface area contributed by atoms with Gasteiger partial charge in [-0.25, -0.2) is 8.42 Å². The SMILES string of the molecule is CNC1(C)CCN(S(=O)(=O)c2c(C)noc2C)CC1. The lowest BCUT2D eigenvalue weighted by Gasteiger charge is -2.38. The van der Waals surface area contributed by atoms with Crippen LogP contribution in [-0.4, -0.2) is 43.6 Å². The standard InChI is InChI=1S/C12H21N3O3S/c1-9-11(10(2)18-14-9)19(16,17)15-7-5-12(3,13-4)6-8-15/h13H,5-8H2,1-4H3. The molecule has 1 aromatic heterocycles. The summed E-state index contributed by atoms with van der Waals surface area (Å²) >= 11 is 0. The Morgan fingerprint density at radius 1 is 1.32 bits per heavy atom. The molecule has 0 unspecified atom stereocenters. The van der Waals surface area contributed by atoms with E-state index in [4.69, 9.17) is 4.52 Å². The molecule has 1 aromatic rings. The van der Waals surface area contributed by atoms with Gasteiger partial charge >= 0.3 is 0 Å². The van der Waals surface area contributed by atoms with E-state index in [2.05, 4.69) is 17.4 Å². The highest BCUT2D eigenvalue weighted by Crippen LogP contribution is 2.28. The molecule has 0 aromatic carbocycles. The summed E-state index contributed by atoms with van der Waals surface area (Å²) in [6, 6.07) is 0. The second-order valence-electron chi connectivity index (χ2n) is 5.37. The van der Waals surface area contributed by atoms with Gasteiger partial charge in [0.1, 0.15) is 10.6 Å². The Morgan fingerprint density at radius 2 is 1.89 bits per heavy atom. The first-order valence-electron chi connectivity index (χ1n) is 6.42. The zero-order valence-electron chi connectivity index (χ0n) is 11.9. The fraction of sp³-hybridized carbons (Fsp3) is 0.750. The number of nitrogens with zero attached hydrogens (tertiary/aromatic N) is 2. The molecular formula is C12H21N3O3S. The molecule has 1 N–H and O–H groups in total. The van der Waals surface area contributed by atoms with Gasteiger partial charge in [0.15, 0.2) is 5.76 Å². The third-order valence-corrected chi connectivity index (χ3v) is 6.14. The van der Waals surface area contributed by atoms with Crippen molar-refractivity contribution in [2.75, 3.05) is 20.1 Å². The van der Waals surface area contributed by atoms with Gasteiger partial charge in [0.2, 0.25) is 10.0 Å². The van der Waals surface area contributed by atoms with Crippen molar-refractivity contribution in [1.82, 2.24) is 14.8 Å². The highest BCUT2D eigenvalue weighted by molar-refractivity contribution is 7.89. The topological polar surface area (TPSA) is 75.4 Å². The third kappa shape index (κ3) is 2.54. The van der Waals surface area contributed by atoms with Crippen LogP contribution in [0.2, 0.25) is 0 Å². The Balaban J connectivity index is 2.24. The number of hydrogen-bond acceptors (Lipinski definition) is 5. The molecule has 0 atom stereocenters. The molecule has 0 spiro atoms. The van der Waals surface area contributed by atoms with Crippen LogP contribution in [0, 0.1) is 13.8 Å². The van der Waals surface area contributed by atoms with Crippen molar-refractivity contribution in [3.8, 4) is 0 Å². The van der Waals surface area contributed by atoms with Crippen LogP contribution >= 0.6 is 0 Å². The first-order valence-corrected chi connectivity index (χ1v) is 7.86. The molecule has 0 bridgehead atoms. The Kier molecular flexibility index (Phi) is 3.72. The Labute approximate surface area is 114 Å². The smallest absolute Gasteiger partial charge is 0.248 e. The number of rotatable bonds is 3. The molecule has 0 saturated carbocycles. The number of sulfonamides is 1. The van der Waals surface area contributed by atoms with Crippen LogP contribution in [0.5, 0.6) is 0 Å². The van der Waals surface area contributed by atoms with Gasteiger partial charge in [0.25, 0.3) is 0 Å². The molecule has 7 heteroatoms. The molecule has 0 radical (unpaired) electrons. The van der Waals surface area contributed by atoms with E-state index in [0.717, 1.165) is 12.8 Å². The maximum atomic E-state index is 12.6. The van der Waals surface area contributed by atoms with Crippen LogP contribution in [0.4, 0.5) is 0 Å². The fourth-order valence-electron chi connectivity index (χ4n) is 2.44. The fourth-order valence-corrected chi connectivity index (χ4v) is 4.17. The summed E-state index contributed by atoms with van der Waals surface area (Å²) < 4.78 is 31.7. The van der Waals surface area contributed by atoms with Crippen molar-refractivity contribution in [1.29, 1.82) is 0 Å². The lowest BCUT2D eigenvalue weighted by molar-refractivity contribution is 0.219. The summed E-state index contributed by atoms with van der Waals surface area (Å²) in [7, 11) is -1.57. The molecule has 6 nitrogen and oxygen atoms in total. The molecule has 0 amide bonds. The highest BCUT2D eigenvalue weighted by atomic mass is 32.2. The maximum Gasteiger partial charge on any atom is 0.248 e. The molecule has 1 fully saturated rings. The molecular weight excluding hydrogens is 266 g/mol. The Morgan fingerprint density at radius 3 is 2.32 bits per heavy atom. The molecule has 0 aliphatic carbocycles. The summed E-state index contributed by atoms with van der Waals surface area (Å²) in [4.78, 5) is 0.223. The lowest BCUT2D eigenvalue weighted by atomic mass is 9.91. The molecule has 1 aliphatic rings. The minimum Gasteiger partial charge on any atom is -0.360 e. The second-order valence-corrected chi connectivity index (χ2v) is 7.24. The largest absolute Gasteiger partial charge is 0.360 e. The monoisotopic (exact) mass is 287 g/mol. The Hall–Kier alpha value is -0.920. The van der Waals surface area contributed by atoms with Gasteiger partial charge in [-0.2, -0.15) is 4.31 Å². The van der Waals surface area contributed by atoms with Gasteiger partial charge in [0.05, 0.1) is 0 Å². The zero-order valence-corrected chi connectivity index (χ0v) is 12.7. The van der Waals surface area contributed by atoms with Crippen LogP contribution < -0.4 is 5.32 Å². The van der Waals surface area contributed by atoms with Crippen molar-refractivity contribution >= 4 is 10.0 Å². The predicted molar refractivity (Wildman–Crippen MR) is 71.4 cm³/mol. The van der Waals surface area contributed by atoms with Gasteiger partial charge in [0, 0.05) is 18.6 Å². The van der Waals surface area contributed by atoms with Crippen molar-refractivity contribution in [3.63, 3.8) is 0 Å². The zero-order chi connectivity index (χ0) is 14.3. The van der Waals surface area contributed by atoms with Gasteiger partial charge < -0.3 is 9.84 Å². The summed E-state index contributed by atoms with van der Waals surface area (Å²) in [5.74, 6) is 0.361. The van der Waals surface area contributed by atoms with Crippen molar-refractivity contribution in [3.05, 3.63) is 11.5 Å². The first kappa shape index (κ1) is 14.5. The van der Waals surface area contributed by atoms with E-state index in [9.17, 15) is 8.42 Å². The third-order valence-electron chi connectivity index (χ3n) is 4.00. The molecule has 1 aliphatic heterocycles. The average molecular weight is 287 g/mol. The van der Waals surface area contributed by atoms with Crippen molar-refractivity contribution < 1.29 is 12.9 Å². The molecule has 2 heterocycles.